The average molecular weight is 296 g/mol. The van der Waals surface area contributed by atoms with Crippen LogP contribution in [0.15, 0.2) is 15.5 Å². The van der Waals surface area contributed by atoms with Crippen LogP contribution in [0.3, 0.4) is 0 Å². The third-order valence-electron chi connectivity index (χ3n) is 3.33. The number of aliphatic imine (C=N–C) groups is 1. The number of hydrogen-bond donors (Lipinski definition) is 0. The Bertz CT molecular complexity index is 545. The average Bonchev–Trinajstić information content (AvgIpc) is 2.92. The largest absolute Gasteiger partial charge is 0.454 e. The second-order valence-corrected chi connectivity index (χ2v) is 5.12. The van der Waals surface area contributed by atoms with E-state index in [0.717, 1.165) is 34.2 Å². The molecule has 0 bridgehead atoms. The highest BCUT2D eigenvalue weighted by molar-refractivity contribution is 9.10. The molecule has 0 amide bonds. The van der Waals surface area contributed by atoms with E-state index in [-0.39, 0.29) is 12.3 Å². The third kappa shape index (κ3) is 1.50. The predicted octanol–water partition coefficient (Wildman–Crippen LogP) is 2.81. The molecule has 1 saturated carbocycles. The molecular weight excluding hydrogens is 286 g/mol. The van der Waals surface area contributed by atoms with Crippen molar-refractivity contribution in [2.24, 2.45) is 4.99 Å². The van der Waals surface area contributed by atoms with Crippen molar-refractivity contribution < 1.29 is 14.3 Å². The smallest absolute Gasteiger partial charge is 0.235 e. The van der Waals surface area contributed by atoms with Gasteiger partial charge in [0.2, 0.25) is 12.9 Å². The maximum atomic E-state index is 10.5. The normalized spacial score (nSPS) is 18.7. The van der Waals surface area contributed by atoms with Crippen molar-refractivity contribution in [3.8, 4) is 11.5 Å². The zero-order valence-electron chi connectivity index (χ0n) is 9.25. The lowest BCUT2D eigenvalue weighted by molar-refractivity contribution is 0.173. The van der Waals surface area contributed by atoms with Crippen LogP contribution in [0.1, 0.15) is 24.0 Å². The Morgan fingerprint density at radius 1 is 1.47 bits per heavy atom. The molecule has 0 unspecified atom stereocenters. The number of nitrogens with zero attached hydrogens (tertiary/aromatic N) is 1. The van der Waals surface area contributed by atoms with Gasteiger partial charge < -0.3 is 9.47 Å². The summed E-state index contributed by atoms with van der Waals surface area (Å²) >= 11 is 3.51. The lowest BCUT2D eigenvalue weighted by atomic mass is 9.99. The van der Waals surface area contributed by atoms with Crippen LogP contribution < -0.4 is 9.47 Å². The molecule has 88 valence electrons. The highest BCUT2D eigenvalue weighted by Crippen LogP contribution is 2.54. The van der Waals surface area contributed by atoms with Gasteiger partial charge in [-0.1, -0.05) is 0 Å². The summed E-state index contributed by atoms with van der Waals surface area (Å²) in [6.07, 6.45) is 3.44. The van der Waals surface area contributed by atoms with Gasteiger partial charge in [-0.15, -0.1) is 0 Å². The third-order valence-corrected chi connectivity index (χ3v) is 4.29. The lowest BCUT2D eigenvalue weighted by Gasteiger charge is -2.14. The topological polar surface area (TPSA) is 47.9 Å². The molecule has 0 atom stereocenters. The number of halogens is 1. The molecule has 1 aliphatic carbocycles. The highest BCUT2D eigenvalue weighted by atomic mass is 79.9. The summed E-state index contributed by atoms with van der Waals surface area (Å²) in [5, 5.41) is 0. The number of isocyanates is 1. The number of fused-ring (bicyclic) bond motifs is 1. The summed E-state index contributed by atoms with van der Waals surface area (Å²) in [5.74, 6) is 1.45. The van der Waals surface area contributed by atoms with E-state index in [4.69, 9.17) is 9.47 Å². The minimum atomic E-state index is -0.380. The summed E-state index contributed by atoms with van der Waals surface area (Å²) < 4.78 is 11.6. The van der Waals surface area contributed by atoms with Gasteiger partial charge in [-0.2, -0.15) is 4.99 Å². The Morgan fingerprint density at radius 3 is 2.88 bits per heavy atom. The Morgan fingerprint density at radius 2 is 2.24 bits per heavy atom. The quantitative estimate of drug-likeness (QED) is 0.623. The van der Waals surface area contributed by atoms with Crippen molar-refractivity contribution in [3.63, 3.8) is 0 Å². The van der Waals surface area contributed by atoms with Gasteiger partial charge in [-0.3, -0.25) is 0 Å². The van der Waals surface area contributed by atoms with E-state index >= 15 is 0 Å². The minimum Gasteiger partial charge on any atom is -0.454 e. The van der Waals surface area contributed by atoms with Gasteiger partial charge in [0.05, 0.1) is 10.0 Å². The molecule has 0 saturated heterocycles. The number of hydrogen-bond acceptors (Lipinski definition) is 4. The fourth-order valence-electron chi connectivity index (χ4n) is 2.23. The molecule has 1 aromatic rings. The highest BCUT2D eigenvalue weighted by Gasteiger charge is 2.47. The summed E-state index contributed by atoms with van der Waals surface area (Å²) in [5.41, 5.74) is 1.69. The van der Waals surface area contributed by atoms with Crippen molar-refractivity contribution in [1.82, 2.24) is 0 Å². The van der Waals surface area contributed by atoms with Gasteiger partial charge >= 0.3 is 0 Å². The molecule has 4 nitrogen and oxygen atoms in total. The Kier molecular flexibility index (Phi) is 2.28. The molecule has 0 spiro atoms. The molecule has 5 heteroatoms. The molecule has 0 aromatic heterocycles. The van der Waals surface area contributed by atoms with Crippen molar-refractivity contribution in [2.45, 2.75) is 25.3 Å². The van der Waals surface area contributed by atoms with Crippen LogP contribution >= 0.6 is 15.9 Å². The monoisotopic (exact) mass is 295 g/mol. The van der Waals surface area contributed by atoms with Crippen molar-refractivity contribution in [2.75, 3.05) is 6.79 Å². The molecule has 2 aliphatic rings. The van der Waals surface area contributed by atoms with Gasteiger partial charge in [-0.25, -0.2) is 4.79 Å². The van der Waals surface area contributed by atoms with Crippen LogP contribution in [0, 0.1) is 6.92 Å². The van der Waals surface area contributed by atoms with Gasteiger partial charge in [0.25, 0.3) is 0 Å². The van der Waals surface area contributed by atoms with Crippen LogP contribution in [-0.2, 0) is 10.3 Å². The van der Waals surface area contributed by atoms with E-state index in [0.29, 0.717) is 5.75 Å². The maximum Gasteiger partial charge on any atom is 0.235 e. The second kappa shape index (κ2) is 3.59. The van der Waals surface area contributed by atoms with Crippen LogP contribution in [0.4, 0.5) is 0 Å². The van der Waals surface area contributed by atoms with E-state index in [9.17, 15) is 4.79 Å². The van der Waals surface area contributed by atoms with Crippen molar-refractivity contribution in [1.29, 1.82) is 0 Å². The number of carbonyl (C=O) groups excluding carboxylic acids is 1. The Balaban J connectivity index is 2.19. The summed E-state index contributed by atoms with van der Waals surface area (Å²) in [6, 6.07) is 1.93. The van der Waals surface area contributed by atoms with Gasteiger partial charge in [0, 0.05) is 0 Å². The summed E-state index contributed by atoms with van der Waals surface area (Å²) in [7, 11) is 0. The first kappa shape index (κ1) is 10.8. The van der Waals surface area contributed by atoms with Crippen LogP contribution in [0.25, 0.3) is 0 Å². The predicted molar refractivity (Wildman–Crippen MR) is 64.0 cm³/mol. The molecule has 3 rings (SSSR count). The Labute approximate surface area is 107 Å². The standard InChI is InChI=1S/C12H10BrNO3/c1-7-8(12(2-3-12)14-5-15)4-9-11(10(7)13)17-6-16-9/h4H,2-3,6H2,1H3. The molecule has 17 heavy (non-hydrogen) atoms. The summed E-state index contributed by atoms with van der Waals surface area (Å²) in [4.78, 5) is 14.4. The minimum absolute atomic E-state index is 0.237. The van der Waals surface area contributed by atoms with Crippen LogP contribution in [0.5, 0.6) is 11.5 Å². The maximum absolute atomic E-state index is 10.5. The molecule has 1 heterocycles. The van der Waals surface area contributed by atoms with Gasteiger partial charge in [0.1, 0.15) is 0 Å². The molecule has 1 aromatic carbocycles. The molecule has 0 N–H and O–H groups in total. The summed E-state index contributed by atoms with van der Waals surface area (Å²) in [6.45, 7) is 2.22. The zero-order chi connectivity index (χ0) is 12.0. The fraction of sp³-hybridized carbons (Fsp3) is 0.417. The first-order valence-corrected chi connectivity index (χ1v) is 6.15. The van der Waals surface area contributed by atoms with Crippen molar-refractivity contribution in [3.05, 3.63) is 21.7 Å². The van der Waals surface area contributed by atoms with Crippen LogP contribution in [-0.4, -0.2) is 12.9 Å². The van der Waals surface area contributed by atoms with Gasteiger partial charge in [0.15, 0.2) is 11.5 Å². The van der Waals surface area contributed by atoms with Gasteiger partial charge in [-0.05, 0) is 52.9 Å². The number of rotatable bonds is 2. The first-order chi connectivity index (χ1) is 8.18. The SMILES string of the molecule is Cc1c(C2(N=C=O)CC2)cc2c(c1Br)OCO2. The molecule has 1 fully saturated rings. The van der Waals surface area contributed by atoms with E-state index in [1.54, 1.807) is 6.08 Å². The number of ether oxygens (including phenoxy) is 2. The molecule has 0 radical (unpaired) electrons. The number of benzene rings is 1. The fourth-order valence-corrected chi connectivity index (χ4v) is 2.75. The van der Waals surface area contributed by atoms with E-state index in [1.807, 2.05) is 13.0 Å². The Hall–Kier alpha value is -1.32. The lowest BCUT2D eigenvalue weighted by Crippen LogP contribution is -2.05. The van der Waals surface area contributed by atoms with Crippen LogP contribution in [0.2, 0.25) is 0 Å². The first-order valence-electron chi connectivity index (χ1n) is 5.36. The zero-order valence-corrected chi connectivity index (χ0v) is 10.8. The van der Waals surface area contributed by atoms with E-state index in [1.165, 1.54) is 0 Å². The van der Waals surface area contributed by atoms with Crippen molar-refractivity contribution >= 4 is 22.0 Å². The second-order valence-electron chi connectivity index (χ2n) is 4.33. The van der Waals surface area contributed by atoms with E-state index in [2.05, 4.69) is 20.9 Å². The molecular formula is C12H10BrNO3. The molecule has 1 aliphatic heterocycles. The van der Waals surface area contributed by atoms with E-state index < -0.39 is 0 Å².